The molecule has 0 bridgehead atoms. The van der Waals surface area contributed by atoms with E-state index in [0.717, 1.165) is 19.4 Å². The van der Waals surface area contributed by atoms with E-state index >= 15 is 0 Å². The van der Waals surface area contributed by atoms with Crippen molar-refractivity contribution in [3.63, 3.8) is 0 Å². The van der Waals surface area contributed by atoms with Gasteiger partial charge in [0, 0.05) is 18.6 Å². The first kappa shape index (κ1) is 15.5. The van der Waals surface area contributed by atoms with E-state index in [0.29, 0.717) is 19.0 Å². The Balaban J connectivity index is 2.00. The molecule has 20 heavy (non-hydrogen) atoms. The molecule has 1 saturated heterocycles. The van der Waals surface area contributed by atoms with Crippen LogP contribution in [0.5, 0.6) is 0 Å². The maximum Gasteiger partial charge on any atom is 0.260 e. The molecule has 1 aromatic heterocycles. The molecule has 2 N–H and O–H groups in total. The second-order valence-electron chi connectivity index (χ2n) is 6.42. The average molecular weight is 300 g/mol. The predicted octanol–water partition coefficient (Wildman–Crippen LogP) is 1.20. The third-order valence-corrected chi connectivity index (χ3v) is 5.28. The number of rotatable bonds is 4. The van der Waals surface area contributed by atoms with E-state index in [1.54, 1.807) is 4.31 Å². The molecule has 0 aliphatic carbocycles. The van der Waals surface area contributed by atoms with Crippen molar-refractivity contribution in [1.82, 2.24) is 19.6 Å². The Morgan fingerprint density at radius 2 is 2.25 bits per heavy atom. The molecular formula is C13H24N4O2S. The normalized spacial score (nSPS) is 22.1. The van der Waals surface area contributed by atoms with Crippen molar-refractivity contribution in [3.05, 3.63) is 12.5 Å². The van der Waals surface area contributed by atoms with Crippen LogP contribution in [0.25, 0.3) is 0 Å². The number of imidazole rings is 1. The molecule has 1 unspecified atom stereocenters. The molecule has 1 aromatic rings. The Bertz CT molecular complexity index is 519. The van der Waals surface area contributed by atoms with Crippen LogP contribution in [0.1, 0.15) is 33.6 Å². The predicted molar refractivity (Wildman–Crippen MR) is 77.8 cm³/mol. The van der Waals surface area contributed by atoms with E-state index in [2.05, 4.69) is 36.1 Å². The van der Waals surface area contributed by atoms with Crippen molar-refractivity contribution >= 4 is 10.0 Å². The zero-order valence-corrected chi connectivity index (χ0v) is 13.2. The topological polar surface area (TPSA) is 78.1 Å². The second-order valence-corrected chi connectivity index (χ2v) is 8.32. The second kappa shape index (κ2) is 5.83. The lowest BCUT2D eigenvalue weighted by Gasteiger charge is -2.33. The summed E-state index contributed by atoms with van der Waals surface area (Å²) in [6.07, 6.45) is 4.74. The van der Waals surface area contributed by atoms with Crippen LogP contribution in [0.2, 0.25) is 0 Å². The molecule has 0 spiro atoms. The van der Waals surface area contributed by atoms with Gasteiger partial charge in [-0.1, -0.05) is 0 Å². The first-order valence-corrected chi connectivity index (χ1v) is 8.46. The standard InChI is InChI=1S/C13H24N4O2S/c1-13(2,3)16-7-11-5-4-6-17(9-11)20(18,19)12-8-14-10-15-12/h8,10-11,16H,4-7,9H2,1-3H3,(H,14,15). The fourth-order valence-electron chi connectivity index (χ4n) is 2.39. The summed E-state index contributed by atoms with van der Waals surface area (Å²) in [7, 11) is -3.42. The number of sulfonamides is 1. The molecule has 1 aliphatic heterocycles. The van der Waals surface area contributed by atoms with E-state index in [-0.39, 0.29) is 10.6 Å². The summed E-state index contributed by atoms with van der Waals surface area (Å²) in [5, 5.41) is 3.64. The number of hydrogen-bond donors (Lipinski definition) is 2. The Hall–Kier alpha value is -0.920. The van der Waals surface area contributed by atoms with E-state index in [1.807, 2.05) is 0 Å². The number of nitrogens with one attached hydrogen (secondary N) is 2. The maximum atomic E-state index is 12.4. The monoisotopic (exact) mass is 300 g/mol. The molecule has 2 rings (SSSR count). The van der Waals surface area contributed by atoms with Crippen LogP contribution in [-0.2, 0) is 10.0 Å². The fourth-order valence-corrected chi connectivity index (χ4v) is 3.84. The average Bonchev–Trinajstić information content (AvgIpc) is 2.90. The quantitative estimate of drug-likeness (QED) is 0.876. The third-order valence-electron chi connectivity index (χ3n) is 3.49. The van der Waals surface area contributed by atoms with E-state index < -0.39 is 10.0 Å². The molecule has 0 amide bonds. The van der Waals surface area contributed by atoms with Crippen molar-refractivity contribution in [1.29, 1.82) is 0 Å². The summed E-state index contributed by atoms with van der Waals surface area (Å²) in [6, 6.07) is 0. The van der Waals surface area contributed by atoms with Crippen LogP contribution in [0, 0.1) is 5.92 Å². The number of aromatic amines is 1. The zero-order valence-electron chi connectivity index (χ0n) is 12.4. The van der Waals surface area contributed by atoms with Crippen molar-refractivity contribution < 1.29 is 8.42 Å². The van der Waals surface area contributed by atoms with Gasteiger partial charge in [-0.25, -0.2) is 13.4 Å². The van der Waals surface area contributed by atoms with Gasteiger partial charge in [-0.15, -0.1) is 0 Å². The number of piperidine rings is 1. The molecule has 1 aliphatic rings. The minimum Gasteiger partial charge on any atom is -0.335 e. The highest BCUT2D eigenvalue weighted by Crippen LogP contribution is 2.22. The van der Waals surface area contributed by atoms with Crippen molar-refractivity contribution in [3.8, 4) is 0 Å². The van der Waals surface area contributed by atoms with Gasteiger partial charge in [0.05, 0.1) is 12.5 Å². The van der Waals surface area contributed by atoms with Crippen molar-refractivity contribution in [2.75, 3.05) is 19.6 Å². The molecule has 2 heterocycles. The molecule has 6 nitrogen and oxygen atoms in total. The number of aromatic nitrogens is 2. The largest absolute Gasteiger partial charge is 0.335 e. The molecule has 114 valence electrons. The van der Waals surface area contributed by atoms with Gasteiger partial charge in [-0.2, -0.15) is 4.31 Å². The Morgan fingerprint density at radius 3 is 2.85 bits per heavy atom. The van der Waals surface area contributed by atoms with Gasteiger partial charge in [0.25, 0.3) is 10.0 Å². The summed E-state index contributed by atoms with van der Waals surface area (Å²) < 4.78 is 26.4. The minimum atomic E-state index is -3.42. The number of H-pyrrole nitrogens is 1. The first-order chi connectivity index (χ1) is 9.29. The number of hydrogen-bond acceptors (Lipinski definition) is 4. The number of nitrogens with zero attached hydrogens (tertiary/aromatic N) is 2. The van der Waals surface area contributed by atoms with E-state index in [9.17, 15) is 8.42 Å². The molecule has 0 radical (unpaired) electrons. The van der Waals surface area contributed by atoms with Crippen LogP contribution < -0.4 is 5.32 Å². The Kier molecular flexibility index (Phi) is 4.51. The summed E-state index contributed by atoms with van der Waals surface area (Å²) in [4.78, 5) is 6.49. The Labute approximate surface area is 121 Å². The van der Waals surface area contributed by atoms with Gasteiger partial charge in [-0.05, 0) is 46.1 Å². The van der Waals surface area contributed by atoms with Gasteiger partial charge in [0.2, 0.25) is 0 Å². The molecule has 1 atom stereocenters. The van der Waals surface area contributed by atoms with E-state index in [1.165, 1.54) is 12.5 Å². The molecular weight excluding hydrogens is 276 g/mol. The summed E-state index contributed by atoms with van der Waals surface area (Å²) in [6.45, 7) is 8.37. The molecule has 1 fully saturated rings. The molecule has 0 aromatic carbocycles. The van der Waals surface area contributed by atoms with Crippen LogP contribution >= 0.6 is 0 Å². The maximum absolute atomic E-state index is 12.4. The van der Waals surface area contributed by atoms with E-state index in [4.69, 9.17) is 0 Å². The van der Waals surface area contributed by atoms with Crippen LogP contribution in [0.15, 0.2) is 17.6 Å². The van der Waals surface area contributed by atoms with Gasteiger partial charge >= 0.3 is 0 Å². The van der Waals surface area contributed by atoms with Gasteiger partial charge in [-0.3, -0.25) is 0 Å². The lowest BCUT2D eigenvalue weighted by Crippen LogP contribution is -2.46. The first-order valence-electron chi connectivity index (χ1n) is 7.02. The van der Waals surface area contributed by atoms with Crippen LogP contribution in [0.4, 0.5) is 0 Å². The molecule has 0 saturated carbocycles. The van der Waals surface area contributed by atoms with Crippen molar-refractivity contribution in [2.45, 2.75) is 44.2 Å². The van der Waals surface area contributed by atoms with Crippen molar-refractivity contribution in [2.24, 2.45) is 5.92 Å². The van der Waals surface area contributed by atoms with Gasteiger partial charge in [0.1, 0.15) is 0 Å². The minimum absolute atomic E-state index is 0.0600. The van der Waals surface area contributed by atoms with Gasteiger partial charge < -0.3 is 10.3 Å². The Morgan fingerprint density at radius 1 is 1.50 bits per heavy atom. The zero-order chi connectivity index (χ0) is 14.8. The van der Waals surface area contributed by atoms with Gasteiger partial charge in [0.15, 0.2) is 5.03 Å². The van der Waals surface area contributed by atoms with Crippen LogP contribution in [-0.4, -0.2) is 47.9 Å². The summed E-state index contributed by atoms with van der Waals surface area (Å²) in [5.41, 5.74) is 0.0600. The third kappa shape index (κ3) is 3.80. The summed E-state index contributed by atoms with van der Waals surface area (Å²) >= 11 is 0. The lowest BCUT2D eigenvalue weighted by molar-refractivity contribution is 0.244. The highest BCUT2D eigenvalue weighted by atomic mass is 32.2. The highest BCUT2D eigenvalue weighted by molar-refractivity contribution is 7.89. The SMILES string of the molecule is CC(C)(C)NCC1CCCN(S(=O)(=O)c2cnc[nH]2)C1. The van der Waals surface area contributed by atoms with Crippen LogP contribution in [0.3, 0.4) is 0 Å². The lowest BCUT2D eigenvalue weighted by atomic mass is 9.98. The smallest absolute Gasteiger partial charge is 0.260 e. The highest BCUT2D eigenvalue weighted by Gasteiger charge is 2.31. The fraction of sp³-hybridized carbons (Fsp3) is 0.769. The molecule has 7 heteroatoms. The summed E-state index contributed by atoms with van der Waals surface area (Å²) in [5.74, 6) is 0.362.